The summed E-state index contributed by atoms with van der Waals surface area (Å²) >= 11 is 1.81. The molecule has 4 heteroatoms. The van der Waals surface area contributed by atoms with E-state index in [2.05, 4.69) is 148 Å². The Hall–Kier alpha value is -5.06. The third-order valence-corrected chi connectivity index (χ3v) is 10.1. The Labute approximate surface area is 247 Å². The Balaban J connectivity index is 1.35. The molecular weight excluding hydrogens is 527 g/mol. The number of thiophene rings is 1. The number of rotatable bonds is 2. The minimum absolute atomic E-state index is 0.0894. The molecule has 0 saturated carbocycles. The quantitative estimate of drug-likeness (QED) is 0.195. The molecule has 8 aromatic rings. The summed E-state index contributed by atoms with van der Waals surface area (Å²) in [5, 5.41) is 6.13. The van der Waals surface area contributed by atoms with Crippen molar-refractivity contribution in [2.45, 2.75) is 0 Å². The maximum absolute atomic E-state index is 2.61. The predicted octanol–water partition coefficient (Wildman–Crippen LogP) is 9.09. The fraction of sp³-hybridized carbons (Fsp3) is 0. The van der Waals surface area contributed by atoms with Gasteiger partial charge in [-0.2, -0.15) is 0 Å². The van der Waals surface area contributed by atoms with Gasteiger partial charge in [-0.05, 0) is 69.2 Å². The molecule has 10 rings (SSSR count). The molecule has 0 atom stereocenters. The van der Waals surface area contributed by atoms with E-state index in [4.69, 9.17) is 0 Å². The van der Waals surface area contributed by atoms with Crippen LogP contribution in [-0.2, 0) is 0 Å². The van der Waals surface area contributed by atoms with Crippen molar-refractivity contribution in [1.82, 2.24) is 4.48 Å². The lowest BCUT2D eigenvalue weighted by Crippen LogP contribution is -2.56. The topological polar surface area (TPSA) is 8.17 Å². The number of hydrogen-bond donors (Lipinski definition) is 0. The van der Waals surface area contributed by atoms with Gasteiger partial charge in [0.1, 0.15) is 0 Å². The third kappa shape index (κ3) is 2.85. The first-order valence-electron chi connectivity index (χ1n) is 14.5. The normalized spacial score (nSPS) is 13.1. The number of para-hydroxylation sites is 3. The van der Waals surface area contributed by atoms with Gasteiger partial charge in [-0.1, -0.05) is 97.1 Å². The highest BCUT2D eigenvalue weighted by atomic mass is 32.1. The standard InChI is InChI=1S/C38H23BN2S/c1-2-10-24(11-3-1)30-22-25-20-21-42-36(25)23-35(30)40-33-18-7-5-16-31(33)39-37-27(13-9-19-34(37)40)29-15-8-14-28-26-12-4-6-17-32(26)41(39)38(28)29/h1-23H. The second-order valence-corrected chi connectivity index (χ2v) is 12.3. The average Bonchev–Trinajstić information content (AvgIpc) is 3.65. The van der Waals surface area contributed by atoms with E-state index in [0.717, 1.165) is 0 Å². The number of benzene rings is 6. The lowest BCUT2D eigenvalue weighted by atomic mass is 9.45. The van der Waals surface area contributed by atoms with Crippen molar-refractivity contribution in [3.8, 4) is 22.3 Å². The molecule has 0 N–H and O–H groups in total. The summed E-state index contributed by atoms with van der Waals surface area (Å²) in [4.78, 5) is 2.53. The monoisotopic (exact) mass is 550 g/mol. The Kier molecular flexibility index (Phi) is 4.44. The van der Waals surface area contributed by atoms with E-state index in [9.17, 15) is 0 Å². The SMILES string of the molecule is c1ccc(-c2cc3ccsc3cc2N2c3ccccc3B3c4c(cccc42)-c2cccc4c5ccccc5n3c24)cc1. The van der Waals surface area contributed by atoms with Crippen LogP contribution in [0.2, 0.25) is 0 Å². The first kappa shape index (κ1) is 22.6. The second kappa shape index (κ2) is 8.25. The van der Waals surface area contributed by atoms with Crippen molar-refractivity contribution >= 4 is 78.1 Å². The number of hydrogen-bond acceptors (Lipinski definition) is 2. The summed E-state index contributed by atoms with van der Waals surface area (Å²) in [6.45, 7) is 0.0894. The van der Waals surface area contributed by atoms with Gasteiger partial charge in [-0.15, -0.1) is 11.3 Å². The van der Waals surface area contributed by atoms with E-state index < -0.39 is 0 Å². The maximum Gasteiger partial charge on any atom is 0.333 e. The van der Waals surface area contributed by atoms with Gasteiger partial charge >= 0.3 is 6.85 Å². The third-order valence-electron chi connectivity index (χ3n) is 9.25. The molecule has 194 valence electrons. The molecular formula is C38H23BN2S. The molecule has 42 heavy (non-hydrogen) atoms. The molecule has 0 saturated heterocycles. The van der Waals surface area contributed by atoms with E-state index in [1.165, 1.54) is 82.1 Å². The fourth-order valence-corrected chi connectivity index (χ4v) is 8.38. The number of anilines is 3. The lowest BCUT2D eigenvalue weighted by Gasteiger charge is -2.41. The van der Waals surface area contributed by atoms with Crippen LogP contribution in [0, 0.1) is 0 Å². The van der Waals surface area contributed by atoms with Crippen molar-refractivity contribution in [3.63, 3.8) is 0 Å². The lowest BCUT2D eigenvalue weighted by molar-refractivity contribution is 1.26. The van der Waals surface area contributed by atoms with Crippen molar-refractivity contribution in [1.29, 1.82) is 0 Å². The van der Waals surface area contributed by atoms with E-state index in [1.807, 2.05) is 11.3 Å². The van der Waals surface area contributed by atoms with E-state index in [1.54, 1.807) is 0 Å². The molecule has 0 fully saturated rings. The van der Waals surface area contributed by atoms with E-state index in [-0.39, 0.29) is 6.85 Å². The van der Waals surface area contributed by atoms with E-state index in [0.29, 0.717) is 0 Å². The molecule has 2 aliphatic heterocycles. The van der Waals surface area contributed by atoms with Gasteiger partial charge < -0.3 is 9.38 Å². The Morgan fingerprint density at radius 1 is 0.548 bits per heavy atom. The summed E-state index contributed by atoms with van der Waals surface area (Å²) in [5.74, 6) is 0. The molecule has 0 radical (unpaired) electrons. The van der Waals surface area contributed by atoms with Gasteiger partial charge in [-0.25, -0.2) is 0 Å². The van der Waals surface area contributed by atoms with Crippen molar-refractivity contribution in [2.75, 3.05) is 4.90 Å². The highest BCUT2D eigenvalue weighted by Gasteiger charge is 2.42. The van der Waals surface area contributed by atoms with Gasteiger partial charge in [0.25, 0.3) is 0 Å². The summed E-state index contributed by atoms with van der Waals surface area (Å²) in [6.07, 6.45) is 0. The highest BCUT2D eigenvalue weighted by molar-refractivity contribution is 7.17. The smallest absolute Gasteiger partial charge is 0.333 e. The fourth-order valence-electron chi connectivity index (χ4n) is 7.58. The van der Waals surface area contributed by atoms with E-state index >= 15 is 0 Å². The minimum Gasteiger partial charge on any atom is -0.375 e. The first-order chi connectivity index (χ1) is 20.9. The molecule has 2 nitrogen and oxygen atoms in total. The Morgan fingerprint density at radius 3 is 2.26 bits per heavy atom. The largest absolute Gasteiger partial charge is 0.375 e. The summed E-state index contributed by atoms with van der Waals surface area (Å²) in [7, 11) is 0. The van der Waals surface area contributed by atoms with Gasteiger partial charge in [0, 0.05) is 49.0 Å². The molecule has 2 aliphatic rings. The van der Waals surface area contributed by atoms with Gasteiger partial charge in [0.05, 0.1) is 5.69 Å². The number of fused-ring (bicyclic) bond motifs is 8. The van der Waals surface area contributed by atoms with Gasteiger partial charge in [-0.3, -0.25) is 0 Å². The molecule has 2 aromatic heterocycles. The van der Waals surface area contributed by atoms with Crippen LogP contribution in [0.25, 0.3) is 54.1 Å². The summed E-state index contributed by atoms with van der Waals surface area (Å²) in [5.41, 5.74) is 14.2. The number of aromatic nitrogens is 1. The van der Waals surface area contributed by atoms with Crippen molar-refractivity contribution in [3.05, 3.63) is 139 Å². The zero-order valence-electron chi connectivity index (χ0n) is 22.7. The van der Waals surface area contributed by atoms with Crippen molar-refractivity contribution < 1.29 is 0 Å². The summed E-state index contributed by atoms with van der Waals surface area (Å²) < 4.78 is 3.92. The van der Waals surface area contributed by atoms with Crippen LogP contribution in [0.4, 0.5) is 17.1 Å². The molecule has 0 spiro atoms. The Morgan fingerprint density at radius 2 is 1.31 bits per heavy atom. The van der Waals surface area contributed by atoms with Crippen LogP contribution in [0.1, 0.15) is 0 Å². The molecule has 4 heterocycles. The number of nitrogens with zero attached hydrogens (tertiary/aromatic N) is 2. The minimum atomic E-state index is 0.0894. The first-order valence-corrected chi connectivity index (χ1v) is 15.4. The van der Waals surface area contributed by atoms with Crippen LogP contribution >= 0.6 is 11.3 Å². The van der Waals surface area contributed by atoms with Crippen LogP contribution in [0.5, 0.6) is 0 Å². The van der Waals surface area contributed by atoms with Gasteiger partial charge in [0.2, 0.25) is 0 Å². The van der Waals surface area contributed by atoms with Crippen molar-refractivity contribution in [2.24, 2.45) is 0 Å². The molecule has 0 amide bonds. The average molecular weight is 550 g/mol. The van der Waals surface area contributed by atoms with Crippen LogP contribution in [0.15, 0.2) is 139 Å². The summed E-state index contributed by atoms with van der Waals surface area (Å²) in [6, 6.07) is 49.5. The maximum atomic E-state index is 2.61. The predicted molar refractivity (Wildman–Crippen MR) is 181 cm³/mol. The molecule has 6 aromatic carbocycles. The van der Waals surface area contributed by atoms with Gasteiger partial charge in [0.15, 0.2) is 0 Å². The van der Waals surface area contributed by atoms with Crippen LogP contribution in [-0.4, -0.2) is 11.3 Å². The highest BCUT2D eigenvalue weighted by Crippen LogP contribution is 2.47. The second-order valence-electron chi connectivity index (χ2n) is 11.3. The molecule has 0 unspecified atom stereocenters. The molecule has 0 bridgehead atoms. The Bertz CT molecular complexity index is 2380. The van der Waals surface area contributed by atoms with Crippen LogP contribution in [0.3, 0.4) is 0 Å². The zero-order valence-corrected chi connectivity index (χ0v) is 23.5. The van der Waals surface area contributed by atoms with Crippen LogP contribution < -0.4 is 15.8 Å². The molecule has 0 aliphatic carbocycles. The zero-order chi connectivity index (χ0) is 27.4.